The van der Waals surface area contributed by atoms with Crippen LogP contribution in [0.5, 0.6) is 0 Å². The third-order valence-corrected chi connectivity index (χ3v) is 9.13. The van der Waals surface area contributed by atoms with Gasteiger partial charge in [0.25, 0.3) is 0 Å². The minimum absolute atomic E-state index is 0.0322. The lowest BCUT2D eigenvalue weighted by atomic mass is 9.85. The second-order valence-electron chi connectivity index (χ2n) is 12.6. The average molecular weight is 601 g/mol. The predicted molar refractivity (Wildman–Crippen MR) is 167 cm³/mol. The molecule has 0 bridgehead atoms. The number of esters is 1. The molecule has 1 aromatic carbocycles. The van der Waals surface area contributed by atoms with Crippen LogP contribution in [0.15, 0.2) is 42.5 Å². The van der Waals surface area contributed by atoms with Gasteiger partial charge < -0.3 is 28.8 Å². The Morgan fingerprint density at radius 3 is 2.30 bits per heavy atom. The van der Waals surface area contributed by atoms with Crippen LogP contribution in [-0.4, -0.2) is 61.8 Å². The van der Waals surface area contributed by atoms with E-state index in [4.69, 9.17) is 23.7 Å². The molecule has 7 nitrogen and oxygen atoms in total. The van der Waals surface area contributed by atoms with Gasteiger partial charge in [-0.1, -0.05) is 49.4 Å². The summed E-state index contributed by atoms with van der Waals surface area (Å²) in [6.07, 6.45) is 18.1. The first-order chi connectivity index (χ1) is 21.1. The standard InChI is InChI=1S/C36H56O7/c1-2-24-39-34(38)17-9-4-3-8-16-30-31(23-22-29(37)21-20-28-14-6-5-7-15-28)33(43-36-19-11-13-26-41-36)27-32(30)42-35-18-10-12-25-40-35/h3,5-8,14-15,29-33,35-37H,2,4,9-13,16-27H2,1H3/b8-3-/t29-,30+,31+,32-,33+,35?,36?/m0/s1. The van der Waals surface area contributed by atoms with Crippen LogP contribution in [0.2, 0.25) is 0 Å². The summed E-state index contributed by atoms with van der Waals surface area (Å²) < 4.78 is 30.6. The van der Waals surface area contributed by atoms with Gasteiger partial charge in [-0.25, -0.2) is 0 Å². The van der Waals surface area contributed by atoms with E-state index < -0.39 is 0 Å². The molecule has 7 heteroatoms. The molecule has 1 N–H and O–H groups in total. The lowest BCUT2D eigenvalue weighted by Gasteiger charge is -2.31. The Morgan fingerprint density at radius 2 is 1.65 bits per heavy atom. The summed E-state index contributed by atoms with van der Waals surface area (Å²) in [4.78, 5) is 11.9. The molecule has 0 radical (unpaired) electrons. The Kier molecular flexibility index (Phi) is 15.5. The monoisotopic (exact) mass is 600 g/mol. The molecule has 4 rings (SSSR count). The zero-order valence-electron chi connectivity index (χ0n) is 26.4. The molecule has 0 aromatic heterocycles. The van der Waals surface area contributed by atoms with E-state index in [1.807, 2.05) is 13.0 Å². The first kappa shape index (κ1) is 34.1. The number of carbonyl (C=O) groups excluding carboxylic acids is 1. The van der Waals surface area contributed by atoms with Crippen molar-refractivity contribution in [3.8, 4) is 0 Å². The number of allylic oxidation sites excluding steroid dienone is 2. The van der Waals surface area contributed by atoms with Crippen molar-refractivity contribution < 1.29 is 33.6 Å². The van der Waals surface area contributed by atoms with E-state index in [0.29, 0.717) is 13.0 Å². The number of unbranched alkanes of at least 4 members (excludes halogenated alkanes) is 1. The van der Waals surface area contributed by atoms with Gasteiger partial charge in [0.05, 0.1) is 24.9 Å². The second kappa shape index (κ2) is 19.6. The summed E-state index contributed by atoms with van der Waals surface area (Å²) in [5.41, 5.74) is 1.26. The molecular weight excluding hydrogens is 544 g/mol. The van der Waals surface area contributed by atoms with Crippen LogP contribution in [0.25, 0.3) is 0 Å². The van der Waals surface area contributed by atoms with Crippen LogP contribution in [0.3, 0.4) is 0 Å². The maximum Gasteiger partial charge on any atom is 0.305 e. The fourth-order valence-electron chi connectivity index (χ4n) is 6.73. The largest absolute Gasteiger partial charge is 0.466 e. The highest BCUT2D eigenvalue weighted by atomic mass is 16.7. The number of aliphatic hydroxyl groups is 1. The zero-order chi connectivity index (χ0) is 30.1. The third kappa shape index (κ3) is 12.3. The first-order valence-electron chi connectivity index (χ1n) is 17.2. The van der Waals surface area contributed by atoms with E-state index in [-0.39, 0.29) is 48.7 Å². The van der Waals surface area contributed by atoms with Crippen molar-refractivity contribution in [2.45, 2.75) is 141 Å². The molecule has 242 valence electrons. The van der Waals surface area contributed by atoms with Crippen molar-refractivity contribution in [2.75, 3.05) is 19.8 Å². The van der Waals surface area contributed by atoms with E-state index in [2.05, 4.69) is 36.4 Å². The molecule has 3 aliphatic rings. The van der Waals surface area contributed by atoms with Crippen LogP contribution in [0, 0.1) is 11.8 Å². The number of aliphatic hydroxyl groups excluding tert-OH is 1. The van der Waals surface area contributed by atoms with Crippen LogP contribution in [0.4, 0.5) is 0 Å². The van der Waals surface area contributed by atoms with E-state index in [0.717, 1.165) is 110 Å². The average Bonchev–Trinajstić information content (AvgIpc) is 3.35. The molecule has 2 unspecified atom stereocenters. The van der Waals surface area contributed by atoms with Gasteiger partial charge in [0.15, 0.2) is 12.6 Å². The number of ether oxygens (including phenoxy) is 5. The van der Waals surface area contributed by atoms with Crippen molar-refractivity contribution >= 4 is 5.97 Å². The van der Waals surface area contributed by atoms with Gasteiger partial charge in [-0.15, -0.1) is 0 Å². The molecule has 2 heterocycles. The van der Waals surface area contributed by atoms with Gasteiger partial charge in [0.1, 0.15) is 0 Å². The SMILES string of the molecule is CCCOC(=O)CCC/C=C\C[C@@H]1[C@@H](CC[C@@H](O)CCc2ccccc2)[C@H](OC2CCCCO2)C[C@@H]1OC1CCCCO1. The van der Waals surface area contributed by atoms with Gasteiger partial charge >= 0.3 is 5.97 Å². The summed E-state index contributed by atoms with van der Waals surface area (Å²) in [6.45, 7) is 4.02. The number of carbonyl (C=O) groups is 1. The summed E-state index contributed by atoms with van der Waals surface area (Å²) in [5.74, 6) is 0.424. The predicted octanol–water partition coefficient (Wildman–Crippen LogP) is 7.29. The quantitative estimate of drug-likeness (QED) is 0.108. The minimum atomic E-state index is -0.350. The second-order valence-corrected chi connectivity index (χ2v) is 12.6. The molecule has 0 spiro atoms. The summed E-state index contributed by atoms with van der Waals surface area (Å²) in [6, 6.07) is 10.4. The molecule has 2 aliphatic heterocycles. The third-order valence-electron chi connectivity index (χ3n) is 9.13. The number of hydrogen-bond acceptors (Lipinski definition) is 7. The zero-order valence-corrected chi connectivity index (χ0v) is 26.4. The maximum atomic E-state index is 11.9. The summed E-state index contributed by atoms with van der Waals surface area (Å²) >= 11 is 0. The highest BCUT2D eigenvalue weighted by molar-refractivity contribution is 5.69. The van der Waals surface area contributed by atoms with E-state index in [9.17, 15) is 9.90 Å². The Hall–Kier alpha value is -1.77. The van der Waals surface area contributed by atoms with E-state index >= 15 is 0 Å². The highest BCUT2D eigenvalue weighted by Gasteiger charge is 2.46. The van der Waals surface area contributed by atoms with Crippen LogP contribution >= 0.6 is 0 Å². The fourth-order valence-corrected chi connectivity index (χ4v) is 6.73. The molecule has 2 saturated heterocycles. The Balaban J connectivity index is 1.38. The van der Waals surface area contributed by atoms with E-state index in [1.54, 1.807) is 0 Å². The number of hydrogen-bond donors (Lipinski definition) is 1. The molecular formula is C36H56O7. The topological polar surface area (TPSA) is 83.5 Å². The normalized spacial score (nSPS) is 28.7. The van der Waals surface area contributed by atoms with Crippen molar-refractivity contribution in [2.24, 2.45) is 11.8 Å². The number of aryl methyl sites for hydroxylation is 1. The first-order valence-corrected chi connectivity index (χ1v) is 17.2. The van der Waals surface area contributed by atoms with Crippen molar-refractivity contribution in [3.05, 3.63) is 48.0 Å². The lowest BCUT2D eigenvalue weighted by molar-refractivity contribution is -0.204. The van der Waals surface area contributed by atoms with Crippen molar-refractivity contribution in [3.63, 3.8) is 0 Å². The van der Waals surface area contributed by atoms with Crippen LogP contribution in [-0.2, 0) is 34.9 Å². The summed E-state index contributed by atoms with van der Waals surface area (Å²) in [5, 5.41) is 11.0. The van der Waals surface area contributed by atoms with Gasteiger partial charge in [-0.3, -0.25) is 4.79 Å². The molecule has 43 heavy (non-hydrogen) atoms. The van der Waals surface area contributed by atoms with Crippen LogP contribution < -0.4 is 0 Å². The number of rotatable bonds is 18. The maximum absolute atomic E-state index is 11.9. The molecule has 0 amide bonds. The van der Waals surface area contributed by atoms with Gasteiger partial charge in [-0.05, 0) is 107 Å². The van der Waals surface area contributed by atoms with Crippen molar-refractivity contribution in [1.82, 2.24) is 0 Å². The lowest BCUT2D eigenvalue weighted by Crippen LogP contribution is -2.32. The Morgan fingerprint density at radius 1 is 0.953 bits per heavy atom. The van der Waals surface area contributed by atoms with Crippen molar-refractivity contribution in [1.29, 1.82) is 0 Å². The van der Waals surface area contributed by atoms with Gasteiger partial charge in [0, 0.05) is 26.1 Å². The van der Waals surface area contributed by atoms with Gasteiger partial charge in [-0.2, -0.15) is 0 Å². The fraction of sp³-hybridized carbons (Fsp3) is 0.750. The van der Waals surface area contributed by atoms with E-state index in [1.165, 1.54) is 5.56 Å². The molecule has 3 fully saturated rings. The highest BCUT2D eigenvalue weighted by Crippen LogP contribution is 2.43. The molecule has 1 aromatic rings. The molecule has 7 atom stereocenters. The molecule has 1 aliphatic carbocycles. The smallest absolute Gasteiger partial charge is 0.305 e. The number of benzene rings is 1. The van der Waals surface area contributed by atoms with Crippen LogP contribution in [0.1, 0.15) is 109 Å². The Bertz CT molecular complexity index is 909. The minimum Gasteiger partial charge on any atom is -0.466 e. The Labute approximate surface area is 259 Å². The van der Waals surface area contributed by atoms with Gasteiger partial charge in [0.2, 0.25) is 0 Å². The molecule has 1 saturated carbocycles. The summed E-state index contributed by atoms with van der Waals surface area (Å²) in [7, 11) is 0.